The Balaban J connectivity index is 1.52. The number of imide groups is 1. The minimum absolute atomic E-state index is 0.241. The largest absolute Gasteiger partial charge is 0.465 e. The number of amides is 2. The van der Waals surface area contributed by atoms with Crippen LogP contribution in [0.4, 0.5) is 0 Å². The zero-order chi connectivity index (χ0) is 19.7. The molecule has 0 bridgehead atoms. The third kappa shape index (κ3) is 2.95. The van der Waals surface area contributed by atoms with Crippen molar-refractivity contribution in [3.8, 4) is 11.1 Å². The summed E-state index contributed by atoms with van der Waals surface area (Å²) in [6.45, 7) is 0.339. The van der Waals surface area contributed by atoms with Crippen LogP contribution in [0, 0.1) is 0 Å². The maximum absolute atomic E-state index is 12.5. The molecule has 0 saturated heterocycles. The van der Waals surface area contributed by atoms with E-state index in [-0.39, 0.29) is 17.8 Å². The van der Waals surface area contributed by atoms with Gasteiger partial charge in [0.1, 0.15) is 0 Å². The predicted molar refractivity (Wildman–Crippen MR) is 105 cm³/mol. The van der Waals surface area contributed by atoms with Gasteiger partial charge >= 0.3 is 5.97 Å². The molecule has 140 valence electrons. The number of methoxy groups -OCH3 is 1. The van der Waals surface area contributed by atoms with Crippen LogP contribution in [-0.4, -0.2) is 36.3 Å². The van der Waals surface area contributed by atoms with E-state index in [2.05, 4.69) is 0 Å². The predicted octanol–water partition coefficient (Wildman–Crippen LogP) is 3.81. The van der Waals surface area contributed by atoms with Gasteiger partial charge in [0.2, 0.25) is 0 Å². The summed E-state index contributed by atoms with van der Waals surface area (Å²) in [6, 6.07) is 18.3. The van der Waals surface area contributed by atoms with Crippen molar-refractivity contribution in [1.82, 2.24) is 4.90 Å². The molecule has 0 aromatic heterocycles. The second-order valence-electron chi connectivity index (χ2n) is 6.72. The van der Waals surface area contributed by atoms with Crippen molar-refractivity contribution in [3.05, 3.63) is 82.9 Å². The van der Waals surface area contributed by atoms with E-state index in [0.29, 0.717) is 36.1 Å². The van der Waals surface area contributed by atoms with Crippen molar-refractivity contribution in [1.29, 1.82) is 0 Å². The number of carbonyl (C=O) groups is 3. The van der Waals surface area contributed by atoms with Crippen LogP contribution in [0.2, 0.25) is 0 Å². The second kappa shape index (κ2) is 7.27. The molecule has 0 atom stereocenters. The van der Waals surface area contributed by atoms with Crippen LogP contribution in [0.1, 0.15) is 43.1 Å². The van der Waals surface area contributed by atoms with E-state index in [1.165, 1.54) is 12.0 Å². The number of nitrogens with zero attached hydrogens (tertiary/aromatic N) is 1. The minimum Gasteiger partial charge on any atom is -0.465 e. The Labute approximate surface area is 162 Å². The fourth-order valence-electron chi connectivity index (χ4n) is 3.75. The van der Waals surface area contributed by atoms with Crippen molar-refractivity contribution in [2.75, 3.05) is 13.7 Å². The van der Waals surface area contributed by atoms with Gasteiger partial charge in [0.25, 0.3) is 11.8 Å². The highest BCUT2D eigenvalue weighted by molar-refractivity contribution is 6.21. The van der Waals surface area contributed by atoms with Gasteiger partial charge in [0.15, 0.2) is 0 Å². The molecule has 5 heteroatoms. The number of ether oxygens (including phenoxy) is 1. The van der Waals surface area contributed by atoms with Gasteiger partial charge in [-0.25, -0.2) is 4.79 Å². The van der Waals surface area contributed by atoms with Crippen LogP contribution < -0.4 is 0 Å². The van der Waals surface area contributed by atoms with E-state index in [4.69, 9.17) is 4.74 Å². The first-order valence-corrected chi connectivity index (χ1v) is 9.16. The molecule has 0 unspecified atom stereocenters. The van der Waals surface area contributed by atoms with Crippen molar-refractivity contribution >= 4 is 17.8 Å². The summed E-state index contributed by atoms with van der Waals surface area (Å²) < 4.78 is 4.90. The molecular formula is C23H19NO4. The second-order valence-corrected chi connectivity index (χ2v) is 6.72. The summed E-state index contributed by atoms with van der Waals surface area (Å²) in [5.41, 5.74) is 4.28. The summed E-state index contributed by atoms with van der Waals surface area (Å²) in [6.07, 6.45) is 1.26. The monoisotopic (exact) mass is 373 g/mol. The van der Waals surface area contributed by atoms with Crippen LogP contribution in [0.15, 0.2) is 60.7 Å². The van der Waals surface area contributed by atoms with Gasteiger partial charge in [0, 0.05) is 6.54 Å². The number of esters is 1. The lowest BCUT2D eigenvalue weighted by molar-refractivity contribution is 0.0599. The fourth-order valence-corrected chi connectivity index (χ4v) is 3.75. The molecule has 1 aliphatic heterocycles. The van der Waals surface area contributed by atoms with Gasteiger partial charge in [-0.3, -0.25) is 14.5 Å². The van der Waals surface area contributed by atoms with E-state index in [0.717, 1.165) is 16.7 Å². The van der Waals surface area contributed by atoms with Crippen molar-refractivity contribution in [2.24, 2.45) is 0 Å². The summed E-state index contributed by atoms with van der Waals surface area (Å²) in [7, 11) is 1.37. The van der Waals surface area contributed by atoms with Crippen molar-refractivity contribution in [2.45, 2.75) is 12.8 Å². The average Bonchev–Trinajstić information content (AvgIpc) is 3.04. The van der Waals surface area contributed by atoms with Crippen LogP contribution in [0.25, 0.3) is 11.1 Å². The summed E-state index contributed by atoms with van der Waals surface area (Å²) >= 11 is 0. The third-order valence-electron chi connectivity index (χ3n) is 5.10. The number of fused-ring (bicyclic) bond motifs is 2. The molecule has 1 aromatic rings. The van der Waals surface area contributed by atoms with Gasteiger partial charge < -0.3 is 4.74 Å². The van der Waals surface area contributed by atoms with Crippen molar-refractivity contribution < 1.29 is 19.1 Å². The molecule has 4 rings (SSSR count). The first-order chi connectivity index (χ1) is 13.6. The summed E-state index contributed by atoms with van der Waals surface area (Å²) in [4.78, 5) is 38.4. The SMILES string of the molecule is COC(=O)c1cc(CCCN2C(=O)c3ccccc3C2=O)c2cccccc1-2. The van der Waals surface area contributed by atoms with Crippen LogP contribution in [0.5, 0.6) is 0 Å². The normalized spacial score (nSPS) is 13.1. The van der Waals surface area contributed by atoms with Crippen molar-refractivity contribution in [3.63, 3.8) is 0 Å². The number of aryl methyl sites for hydroxylation is 1. The highest BCUT2D eigenvalue weighted by Gasteiger charge is 2.34. The molecule has 28 heavy (non-hydrogen) atoms. The van der Waals surface area contributed by atoms with Gasteiger partial charge in [-0.2, -0.15) is 0 Å². The number of hydrogen-bond donors (Lipinski definition) is 0. The maximum Gasteiger partial charge on any atom is 0.338 e. The van der Waals surface area contributed by atoms with Crippen LogP contribution in [-0.2, 0) is 11.2 Å². The lowest BCUT2D eigenvalue weighted by Gasteiger charge is -2.13. The molecule has 0 N–H and O–H groups in total. The summed E-state index contributed by atoms with van der Waals surface area (Å²) in [5.74, 6) is -0.855. The van der Waals surface area contributed by atoms with E-state index in [9.17, 15) is 14.4 Å². The molecule has 5 nitrogen and oxygen atoms in total. The molecule has 1 aromatic carbocycles. The molecule has 2 amide bonds. The third-order valence-corrected chi connectivity index (χ3v) is 5.10. The van der Waals surface area contributed by atoms with Gasteiger partial charge in [0.05, 0.1) is 23.8 Å². The molecule has 0 radical (unpaired) electrons. The Morgan fingerprint density at radius 2 is 1.43 bits per heavy atom. The van der Waals surface area contributed by atoms with E-state index in [1.807, 2.05) is 36.4 Å². The maximum atomic E-state index is 12.5. The standard InChI is InChI=1S/C23H19NO4/c1-28-23(27)20-14-15(16-9-3-2-4-10-17(16)20)8-7-13-24-21(25)18-11-5-6-12-19(18)22(24)26/h2-6,9-12,14H,7-8,13H2,1H3. The highest BCUT2D eigenvalue weighted by atomic mass is 16.5. The van der Waals surface area contributed by atoms with Gasteiger partial charge in [-0.15, -0.1) is 0 Å². The van der Waals surface area contributed by atoms with E-state index >= 15 is 0 Å². The Morgan fingerprint density at radius 1 is 0.857 bits per heavy atom. The van der Waals surface area contributed by atoms with Gasteiger partial charge in [-0.05, 0) is 47.7 Å². The smallest absolute Gasteiger partial charge is 0.338 e. The molecule has 0 spiro atoms. The Kier molecular flexibility index (Phi) is 4.65. The van der Waals surface area contributed by atoms with Crippen LogP contribution >= 0.6 is 0 Å². The molecule has 2 aliphatic carbocycles. The number of benzene rings is 1. The number of hydrogen-bond acceptors (Lipinski definition) is 4. The average molecular weight is 373 g/mol. The number of rotatable bonds is 5. The topological polar surface area (TPSA) is 63.7 Å². The quantitative estimate of drug-likeness (QED) is 0.504. The van der Waals surface area contributed by atoms with Crippen LogP contribution in [0.3, 0.4) is 0 Å². The van der Waals surface area contributed by atoms with E-state index < -0.39 is 0 Å². The Hall–Kier alpha value is -3.47. The first kappa shape index (κ1) is 17.9. The molecule has 3 aliphatic rings. The lowest BCUT2D eigenvalue weighted by Crippen LogP contribution is -2.30. The highest BCUT2D eigenvalue weighted by Crippen LogP contribution is 2.33. The zero-order valence-corrected chi connectivity index (χ0v) is 15.5. The molecular weight excluding hydrogens is 354 g/mol. The fraction of sp³-hybridized carbons (Fsp3) is 0.174. The molecule has 0 fully saturated rings. The number of carbonyl (C=O) groups excluding carboxylic acids is 3. The molecule has 0 saturated carbocycles. The zero-order valence-electron chi connectivity index (χ0n) is 15.5. The lowest BCUT2D eigenvalue weighted by atomic mass is 10.0. The minimum atomic E-state index is -0.372. The first-order valence-electron chi connectivity index (χ1n) is 9.16. The molecule has 1 heterocycles. The van der Waals surface area contributed by atoms with E-state index in [1.54, 1.807) is 24.3 Å². The summed E-state index contributed by atoms with van der Waals surface area (Å²) in [5, 5.41) is 0. The Bertz CT molecular complexity index is 1020. The van der Waals surface area contributed by atoms with Gasteiger partial charge in [-0.1, -0.05) is 42.5 Å². The Morgan fingerprint density at radius 3 is 2.07 bits per heavy atom.